The van der Waals surface area contributed by atoms with Crippen LogP contribution in [0.25, 0.3) is 0 Å². The number of hydrogen-bond acceptors (Lipinski definition) is 0. The third-order valence-electron chi connectivity index (χ3n) is 4.71. The average molecular weight is 490 g/mol. The predicted octanol–water partition coefficient (Wildman–Crippen LogP) is 3.90. The first-order valence-electron chi connectivity index (χ1n) is 9.65. The molecule has 0 spiro atoms. The molecule has 0 unspecified atom stereocenters. The highest BCUT2D eigenvalue weighted by Crippen LogP contribution is 2.19. The number of halogens is 2. The number of unbranched alkanes of at least 4 members (excludes halogenated alkanes) is 9. The van der Waals surface area contributed by atoms with E-state index in [2.05, 4.69) is 36.7 Å². The second-order valence-electron chi connectivity index (χ2n) is 6.81. The molecular weight excluding hydrogens is 449 g/mol. The number of nitrogens with zero attached hydrogens (tertiary/aromatic N) is 1. The maximum Gasteiger partial charge on any atom is 0.134 e. The first-order valence-corrected chi connectivity index (χ1v) is 10.8. The van der Waals surface area contributed by atoms with Crippen LogP contribution in [-0.2, 0) is 0 Å². The van der Waals surface area contributed by atoms with Crippen LogP contribution in [-0.4, -0.2) is 29.6 Å². The molecule has 0 aromatic carbocycles. The topological polar surface area (TPSA) is 0 Å². The van der Waals surface area contributed by atoms with E-state index in [0.29, 0.717) is 0 Å². The molecule has 0 fully saturated rings. The summed E-state index contributed by atoms with van der Waals surface area (Å²) in [4.78, 5) is 0. The van der Waals surface area contributed by atoms with E-state index >= 15 is 0 Å². The molecule has 0 amide bonds. The summed E-state index contributed by atoms with van der Waals surface area (Å²) in [7, 11) is 0. The van der Waals surface area contributed by atoms with Crippen LogP contribution < -0.4 is 24.0 Å². The van der Waals surface area contributed by atoms with Gasteiger partial charge in [-0.05, 0) is 54.5 Å². The summed E-state index contributed by atoms with van der Waals surface area (Å²) in [5.74, 6) is 0. The van der Waals surface area contributed by atoms with Crippen LogP contribution in [0.2, 0.25) is 0 Å². The van der Waals surface area contributed by atoms with Gasteiger partial charge in [-0.2, -0.15) is 0 Å². The van der Waals surface area contributed by atoms with E-state index in [1.54, 1.807) is 0 Å². The molecule has 0 aliphatic carbocycles. The van der Waals surface area contributed by atoms with Gasteiger partial charge < -0.3 is 28.5 Å². The van der Waals surface area contributed by atoms with Crippen molar-refractivity contribution in [1.82, 2.24) is 0 Å². The Morgan fingerprint density at radius 1 is 0.545 bits per heavy atom. The van der Waals surface area contributed by atoms with Crippen LogP contribution in [0.15, 0.2) is 0 Å². The highest BCUT2D eigenvalue weighted by atomic mass is 127. The van der Waals surface area contributed by atoms with Gasteiger partial charge in [0.1, 0.15) is 5.45 Å². The maximum absolute atomic E-state index is 3.85. The minimum atomic E-state index is 0. The molecule has 0 aliphatic heterocycles. The van der Waals surface area contributed by atoms with Crippen LogP contribution in [0.1, 0.15) is 97.8 Å². The molecular formula is C19H41BrIN. The lowest BCUT2D eigenvalue weighted by Gasteiger charge is -2.37. The van der Waals surface area contributed by atoms with E-state index in [0.717, 1.165) is 5.45 Å². The number of quaternary nitrogens is 1. The second kappa shape index (κ2) is 18.5. The molecule has 0 saturated heterocycles. The van der Waals surface area contributed by atoms with Gasteiger partial charge in [0.15, 0.2) is 0 Å². The summed E-state index contributed by atoms with van der Waals surface area (Å²) in [6.07, 6.45) is 16.8. The summed E-state index contributed by atoms with van der Waals surface area (Å²) in [6.45, 7) is 11.1. The minimum absolute atomic E-state index is 0. The van der Waals surface area contributed by atoms with E-state index in [-0.39, 0.29) is 24.0 Å². The molecule has 0 heterocycles. The van der Waals surface area contributed by atoms with E-state index in [9.17, 15) is 0 Å². The maximum atomic E-state index is 3.85. The zero-order chi connectivity index (χ0) is 15.8. The lowest BCUT2D eigenvalue weighted by Crippen LogP contribution is -3.00. The highest BCUT2D eigenvalue weighted by Gasteiger charge is 2.24. The van der Waals surface area contributed by atoms with Gasteiger partial charge in [0.2, 0.25) is 0 Å². The average Bonchev–Trinajstić information content (AvgIpc) is 2.51. The van der Waals surface area contributed by atoms with Crippen molar-refractivity contribution in [3.8, 4) is 0 Å². The van der Waals surface area contributed by atoms with Gasteiger partial charge in [0, 0.05) is 0 Å². The van der Waals surface area contributed by atoms with Crippen LogP contribution >= 0.6 is 15.9 Å². The molecule has 3 heteroatoms. The number of hydrogen-bond donors (Lipinski definition) is 0. The molecule has 0 N–H and O–H groups in total. The fourth-order valence-electron chi connectivity index (χ4n) is 3.14. The molecule has 136 valence electrons. The minimum Gasteiger partial charge on any atom is -1.00 e. The molecule has 0 aromatic rings. The van der Waals surface area contributed by atoms with Crippen LogP contribution in [0.4, 0.5) is 0 Å². The fraction of sp³-hybridized carbons (Fsp3) is 1.00. The summed E-state index contributed by atoms with van der Waals surface area (Å²) >= 11 is 3.85. The SMILES string of the molecule is CCCCCC[N+](CBr)(CCCCCC)CCCCCC.[I-]. The third kappa shape index (κ3) is 13.6. The normalized spacial score (nSPS) is 11.5. The summed E-state index contributed by atoms with van der Waals surface area (Å²) < 4.78 is 1.33. The molecule has 22 heavy (non-hydrogen) atoms. The lowest BCUT2D eigenvalue weighted by molar-refractivity contribution is -0.916. The van der Waals surface area contributed by atoms with E-state index in [1.165, 1.54) is 101 Å². The molecule has 0 atom stereocenters. The molecule has 1 nitrogen and oxygen atoms in total. The van der Waals surface area contributed by atoms with Crippen molar-refractivity contribution in [2.45, 2.75) is 97.8 Å². The van der Waals surface area contributed by atoms with Crippen molar-refractivity contribution < 1.29 is 28.5 Å². The molecule has 0 rings (SSSR count). The van der Waals surface area contributed by atoms with Crippen molar-refractivity contribution in [1.29, 1.82) is 0 Å². The van der Waals surface area contributed by atoms with Crippen LogP contribution in [0.3, 0.4) is 0 Å². The second-order valence-corrected chi connectivity index (χ2v) is 7.32. The molecule has 0 aromatic heterocycles. The van der Waals surface area contributed by atoms with Crippen molar-refractivity contribution in [2.75, 3.05) is 25.1 Å². The van der Waals surface area contributed by atoms with E-state index in [1.807, 2.05) is 0 Å². The van der Waals surface area contributed by atoms with Crippen molar-refractivity contribution in [3.05, 3.63) is 0 Å². The van der Waals surface area contributed by atoms with Gasteiger partial charge >= 0.3 is 0 Å². The Kier molecular flexibility index (Phi) is 21.4. The standard InChI is InChI=1S/C19H41BrN.HI/c1-4-7-10-13-16-21(19-20,17-14-11-8-5-2)18-15-12-9-6-3;/h4-19H2,1-3H3;1H/q+1;/p-1. The fourth-order valence-corrected chi connectivity index (χ4v) is 3.89. The Labute approximate surface area is 166 Å². The smallest absolute Gasteiger partial charge is 0.134 e. The first kappa shape index (κ1) is 25.4. The van der Waals surface area contributed by atoms with E-state index in [4.69, 9.17) is 0 Å². The highest BCUT2D eigenvalue weighted by molar-refractivity contribution is 9.09. The van der Waals surface area contributed by atoms with Gasteiger partial charge in [0.05, 0.1) is 19.6 Å². The van der Waals surface area contributed by atoms with Gasteiger partial charge in [-0.1, -0.05) is 59.3 Å². The van der Waals surface area contributed by atoms with Crippen molar-refractivity contribution in [2.24, 2.45) is 0 Å². The number of rotatable bonds is 16. The van der Waals surface area contributed by atoms with E-state index < -0.39 is 0 Å². The van der Waals surface area contributed by atoms with Crippen LogP contribution in [0, 0.1) is 0 Å². The van der Waals surface area contributed by atoms with Gasteiger partial charge in [-0.25, -0.2) is 0 Å². The van der Waals surface area contributed by atoms with Crippen molar-refractivity contribution >= 4 is 15.9 Å². The quantitative estimate of drug-likeness (QED) is 0.101. The zero-order valence-electron chi connectivity index (χ0n) is 15.5. The van der Waals surface area contributed by atoms with Gasteiger partial charge in [0.25, 0.3) is 0 Å². The Bertz CT molecular complexity index is 180. The van der Waals surface area contributed by atoms with Gasteiger partial charge in [-0.3, -0.25) is 0 Å². The predicted molar refractivity (Wildman–Crippen MR) is 101 cm³/mol. The first-order chi connectivity index (χ1) is 10.2. The third-order valence-corrected chi connectivity index (χ3v) is 5.78. The summed E-state index contributed by atoms with van der Waals surface area (Å²) in [6, 6.07) is 0. The molecule has 0 saturated carbocycles. The molecule has 0 bridgehead atoms. The zero-order valence-corrected chi connectivity index (χ0v) is 19.3. The Hall–Kier alpha value is 1.17. The Balaban J connectivity index is 0. The summed E-state index contributed by atoms with van der Waals surface area (Å²) in [5.41, 5.74) is 1.16. The Morgan fingerprint density at radius 2 is 0.864 bits per heavy atom. The lowest BCUT2D eigenvalue weighted by atomic mass is 10.1. The summed E-state index contributed by atoms with van der Waals surface area (Å²) in [5, 5.41) is 0. The monoisotopic (exact) mass is 489 g/mol. The number of alkyl halides is 1. The van der Waals surface area contributed by atoms with Crippen molar-refractivity contribution in [3.63, 3.8) is 0 Å². The molecule has 0 radical (unpaired) electrons. The van der Waals surface area contributed by atoms with Crippen LogP contribution in [0.5, 0.6) is 0 Å². The largest absolute Gasteiger partial charge is 1.00 e. The molecule has 0 aliphatic rings. The Morgan fingerprint density at radius 3 is 1.09 bits per heavy atom. The van der Waals surface area contributed by atoms with Gasteiger partial charge in [-0.15, -0.1) is 0 Å².